The topological polar surface area (TPSA) is 30.5 Å². The van der Waals surface area contributed by atoms with Crippen molar-refractivity contribution in [3.05, 3.63) is 100 Å². The summed E-state index contributed by atoms with van der Waals surface area (Å²) in [5, 5.41) is 7.08. The second-order valence-electron chi connectivity index (χ2n) is 6.85. The largest absolute Gasteiger partial charge is 0.493 e. The molecule has 0 aromatic heterocycles. The smallest absolute Gasteiger partial charge is 0.166 e. The second kappa shape index (κ2) is 9.29. The Morgan fingerprint density at radius 2 is 1.63 bits per heavy atom. The Bertz CT molecular complexity index is 1170. The van der Waals surface area contributed by atoms with Crippen molar-refractivity contribution in [3.63, 3.8) is 0 Å². The Morgan fingerprint density at radius 3 is 2.47 bits per heavy atom. The van der Waals surface area contributed by atoms with Gasteiger partial charge in [-0.05, 0) is 29.7 Å². The van der Waals surface area contributed by atoms with Gasteiger partial charge in [0.25, 0.3) is 0 Å². The summed E-state index contributed by atoms with van der Waals surface area (Å²) in [7, 11) is 1.64. The lowest BCUT2D eigenvalue weighted by Crippen LogP contribution is -2.05. The van der Waals surface area contributed by atoms with Crippen LogP contribution in [-0.4, -0.2) is 7.11 Å². The highest BCUT2D eigenvalue weighted by Crippen LogP contribution is 2.34. The number of hydrogen-bond donors (Lipinski definition) is 1. The molecule has 5 heteroatoms. The van der Waals surface area contributed by atoms with Crippen LogP contribution in [0.25, 0.3) is 10.8 Å². The molecule has 0 aliphatic carbocycles. The molecule has 0 atom stereocenters. The Labute approximate surface area is 186 Å². The molecule has 0 spiro atoms. The van der Waals surface area contributed by atoms with Gasteiger partial charge in [0.2, 0.25) is 0 Å². The van der Waals surface area contributed by atoms with Crippen LogP contribution in [0.3, 0.4) is 0 Å². The molecule has 0 saturated heterocycles. The van der Waals surface area contributed by atoms with Gasteiger partial charge in [0.1, 0.15) is 6.61 Å². The predicted octanol–water partition coefficient (Wildman–Crippen LogP) is 7.35. The van der Waals surface area contributed by atoms with Crippen molar-refractivity contribution in [1.29, 1.82) is 0 Å². The van der Waals surface area contributed by atoms with E-state index in [1.807, 2.05) is 36.4 Å². The van der Waals surface area contributed by atoms with E-state index in [-0.39, 0.29) is 0 Å². The third-order valence-corrected chi connectivity index (χ3v) is 5.51. The average molecular weight is 438 g/mol. The molecule has 0 amide bonds. The van der Waals surface area contributed by atoms with E-state index in [0.29, 0.717) is 34.7 Å². The van der Waals surface area contributed by atoms with Gasteiger partial charge in [0, 0.05) is 38.8 Å². The molecule has 0 saturated carbocycles. The number of benzene rings is 4. The molecule has 0 aliphatic heterocycles. The lowest BCUT2D eigenvalue weighted by Gasteiger charge is -2.17. The minimum Gasteiger partial charge on any atom is -0.493 e. The van der Waals surface area contributed by atoms with Gasteiger partial charge in [0.05, 0.1) is 7.11 Å². The Kier molecular flexibility index (Phi) is 6.32. The molecule has 152 valence electrons. The summed E-state index contributed by atoms with van der Waals surface area (Å²) in [6.45, 7) is 0.909. The summed E-state index contributed by atoms with van der Waals surface area (Å²) in [4.78, 5) is 0. The predicted molar refractivity (Wildman–Crippen MR) is 125 cm³/mol. The molecule has 1 N–H and O–H groups in total. The summed E-state index contributed by atoms with van der Waals surface area (Å²) in [5.74, 6) is 1.37. The lowest BCUT2D eigenvalue weighted by atomic mass is 10.1. The van der Waals surface area contributed by atoms with Crippen LogP contribution >= 0.6 is 23.2 Å². The molecule has 0 heterocycles. The quantitative estimate of drug-likeness (QED) is 0.327. The number of hydrogen-bond acceptors (Lipinski definition) is 3. The van der Waals surface area contributed by atoms with Crippen LogP contribution in [-0.2, 0) is 13.2 Å². The SMILES string of the molecule is COc1cccc(CNc2cccc3ccccc23)c1OCc1ccc(Cl)cc1Cl. The highest BCUT2D eigenvalue weighted by Gasteiger charge is 2.12. The standard InChI is InChI=1S/C25H21Cl2NO2/c1-29-24-11-5-8-18(25(24)30-16-19-12-13-20(26)14-22(19)27)15-28-23-10-4-7-17-6-2-3-9-21(17)23/h2-14,28H,15-16H2,1H3. The minimum atomic E-state index is 0.317. The van der Waals surface area contributed by atoms with Gasteiger partial charge >= 0.3 is 0 Å². The zero-order valence-corrected chi connectivity index (χ0v) is 18.0. The summed E-state index contributed by atoms with van der Waals surface area (Å²) < 4.78 is 11.7. The van der Waals surface area contributed by atoms with E-state index in [0.717, 1.165) is 16.8 Å². The van der Waals surface area contributed by atoms with Crippen LogP contribution in [0.1, 0.15) is 11.1 Å². The number of anilines is 1. The monoisotopic (exact) mass is 437 g/mol. The maximum atomic E-state index is 6.30. The number of halogens is 2. The second-order valence-corrected chi connectivity index (χ2v) is 7.70. The van der Waals surface area contributed by atoms with Crippen molar-refractivity contribution in [3.8, 4) is 11.5 Å². The van der Waals surface area contributed by atoms with Crippen LogP contribution in [0, 0.1) is 0 Å². The maximum Gasteiger partial charge on any atom is 0.166 e. The Morgan fingerprint density at radius 1 is 0.833 bits per heavy atom. The van der Waals surface area contributed by atoms with Crippen molar-refractivity contribution in [1.82, 2.24) is 0 Å². The van der Waals surface area contributed by atoms with E-state index in [9.17, 15) is 0 Å². The number of methoxy groups -OCH3 is 1. The van der Waals surface area contributed by atoms with E-state index in [1.165, 1.54) is 10.8 Å². The molecular weight excluding hydrogens is 417 g/mol. The summed E-state index contributed by atoms with van der Waals surface area (Å²) >= 11 is 12.3. The highest BCUT2D eigenvalue weighted by molar-refractivity contribution is 6.35. The van der Waals surface area contributed by atoms with Crippen molar-refractivity contribution in [2.24, 2.45) is 0 Å². The number of fused-ring (bicyclic) bond motifs is 1. The van der Waals surface area contributed by atoms with Crippen LogP contribution in [0.2, 0.25) is 10.0 Å². The first-order valence-corrected chi connectivity index (χ1v) is 10.4. The van der Waals surface area contributed by atoms with Crippen molar-refractivity contribution >= 4 is 39.7 Å². The Balaban J connectivity index is 1.57. The van der Waals surface area contributed by atoms with E-state index in [1.54, 1.807) is 19.2 Å². The van der Waals surface area contributed by atoms with Gasteiger partial charge in [-0.3, -0.25) is 0 Å². The molecule has 30 heavy (non-hydrogen) atoms. The first-order chi connectivity index (χ1) is 14.7. The molecule has 0 bridgehead atoms. The summed E-state index contributed by atoms with van der Waals surface area (Å²) in [6.07, 6.45) is 0. The fourth-order valence-electron chi connectivity index (χ4n) is 3.38. The first-order valence-electron chi connectivity index (χ1n) is 9.60. The molecular formula is C25H21Cl2NO2. The van der Waals surface area contributed by atoms with Crippen molar-refractivity contribution in [2.45, 2.75) is 13.2 Å². The summed E-state index contributed by atoms with van der Waals surface area (Å²) in [6, 6.07) is 25.8. The molecule has 0 radical (unpaired) electrons. The Hall–Kier alpha value is -2.88. The number of ether oxygens (including phenoxy) is 2. The molecule has 0 fully saturated rings. The highest BCUT2D eigenvalue weighted by atomic mass is 35.5. The van der Waals surface area contributed by atoms with Gasteiger partial charge in [-0.15, -0.1) is 0 Å². The van der Waals surface area contributed by atoms with Gasteiger partial charge in [-0.1, -0.05) is 77.8 Å². The van der Waals surface area contributed by atoms with Crippen LogP contribution in [0.4, 0.5) is 5.69 Å². The van der Waals surface area contributed by atoms with Crippen molar-refractivity contribution in [2.75, 3.05) is 12.4 Å². The third-order valence-electron chi connectivity index (χ3n) is 4.93. The van der Waals surface area contributed by atoms with Gasteiger partial charge in [-0.25, -0.2) is 0 Å². The van der Waals surface area contributed by atoms with E-state index in [4.69, 9.17) is 32.7 Å². The van der Waals surface area contributed by atoms with E-state index in [2.05, 4.69) is 35.6 Å². The zero-order valence-electron chi connectivity index (χ0n) is 16.5. The number of para-hydroxylation sites is 1. The minimum absolute atomic E-state index is 0.317. The number of rotatable bonds is 7. The molecule has 4 aromatic carbocycles. The average Bonchev–Trinajstić information content (AvgIpc) is 2.77. The van der Waals surface area contributed by atoms with Gasteiger partial charge < -0.3 is 14.8 Å². The van der Waals surface area contributed by atoms with Gasteiger partial charge in [-0.2, -0.15) is 0 Å². The summed E-state index contributed by atoms with van der Waals surface area (Å²) in [5.41, 5.74) is 2.93. The molecule has 4 aromatic rings. The first kappa shape index (κ1) is 20.4. The number of nitrogens with one attached hydrogen (secondary N) is 1. The van der Waals surface area contributed by atoms with E-state index >= 15 is 0 Å². The molecule has 0 unspecified atom stereocenters. The molecule has 0 aliphatic rings. The fourth-order valence-corrected chi connectivity index (χ4v) is 3.85. The van der Waals surface area contributed by atoms with Crippen LogP contribution in [0.5, 0.6) is 11.5 Å². The van der Waals surface area contributed by atoms with Crippen molar-refractivity contribution < 1.29 is 9.47 Å². The molecule has 3 nitrogen and oxygen atoms in total. The van der Waals surface area contributed by atoms with Crippen LogP contribution < -0.4 is 14.8 Å². The third kappa shape index (κ3) is 4.48. The molecule has 4 rings (SSSR count). The lowest BCUT2D eigenvalue weighted by molar-refractivity contribution is 0.282. The fraction of sp³-hybridized carbons (Fsp3) is 0.120. The van der Waals surface area contributed by atoms with Gasteiger partial charge in [0.15, 0.2) is 11.5 Å². The zero-order chi connectivity index (χ0) is 20.9. The maximum absolute atomic E-state index is 6.30. The van der Waals surface area contributed by atoms with Crippen LogP contribution in [0.15, 0.2) is 78.9 Å². The van der Waals surface area contributed by atoms with E-state index < -0.39 is 0 Å². The normalized spacial score (nSPS) is 10.8.